The number of carbonyl (C=O) groups excluding carboxylic acids is 3. The van der Waals surface area contributed by atoms with Crippen molar-refractivity contribution < 1.29 is 19.5 Å². The highest BCUT2D eigenvalue weighted by atomic mass is 32.2. The lowest BCUT2D eigenvalue weighted by molar-refractivity contribution is -0.131. The zero-order valence-electron chi connectivity index (χ0n) is 27.4. The summed E-state index contributed by atoms with van der Waals surface area (Å²) in [5, 5.41) is 20.5. The van der Waals surface area contributed by atoms with Crippen molar-refractivity contribution in [2.45, 2.75) is 108 Å². The second-order valence-corrected chi connectivity index (χ2v) is 14.0. The maximum atomic E-state index is 13.8. The van der Waals surface area contributed by atoms with Crippen LogP contribution in [-0.4, -0.2) is 81.7 Å². The van der Waals surface area contributed by atoms with Gasteiger partial charge in [-0.3, -0.25) is 14.6 Å². The van der Waals surface area contributed by atoms with E-state index >= 15 is 0 Å². The Hall–Kier alpha value is -3.11. The van der Waals surface area contributed by atoms with Crippen LogP contribution in [0.3, 0.4) is 0 Å². The molecule has 4 amide bonds. The number of amides is 4. The zero-order valence-corrected chi connectivity index (χ0v) is 28.2. The number of nitrogens with one attached hydrogen (secondary N) is 3. The van der Waals surface area contributed by atoms with Gasteiger partial charge in [-0.2, -0.15) is 11.8 Å². The third kappa shape index (κ3) is 11.9. The fourth-order valence-electron chi connectivity index (χ4n) is 6.51. The number of nitrogens with zero attached hydrogens (tertiary/aromatic N) is 2. The van der Waals surface area contributed by atoms with Crippen molar-refractivity contribution in [1.82, 2.24) is 25.8 Å². The number of rotatable bonds is 16. The molecule has 0 bridgehead atoms. The van der Waals surface area contributed by atoms with Crippen LogP contribution in [0.5, 0.6) is 0 Å². The molecule has 0 unspecified atom stereocenters. The van der Waals surface area contributed by atoms with Crippen LogP contribution in [0.4, 0.5) is 4.79 Å². The average molecular weight is 652 g/mol. The molecule has 2 heterocycles. The van der Waals surface area contributed by atoms with Crippen LogP contribution in [0.25, 0.3) is 0 Å². The van der Waals surface area contributed by atoms with Crippen molar-refractivity contribution in [1.29, 1.82) is 0 Å². The lowest BCUT2D eigenvalue weighted by Gasteiger charge is -2.32. The molecular formula is C36H53N5O4S. The third-order valence-electron chi connectivity index (χ3n) is 9.17. The lowest BCUT2D eigenvalue weighted by atomic mass is 9.83. The molecule has 1 saturated heterocycles. The number of thioether (sulfide) groups is 1. The van der Waals surface area contributed by atoms with Gasteiger partial charge >= 0.3 is 6.03 Å². The molecule has 1 aliphatic heterocycles. The molecule has 9 nitrogen and oxygen atoms in total. The Labute approximate surface area is 279 Å². The highest BCUT2D eigenvalue weighted by Crippen LogP contribution is 2.29. The van der Waals surface area contributed by atoms with Crippen LogP contribution >= 0.6 is 11.8 Å². The summed E-state index contributed by atoms with van der Waals surface area (Å²) in [5.41, 5.74) is 1.92. The van der Waals surface area contributed by atoms with Gasteiger partial charge in [-0.25, -0.2) is 4.79 Å². The highest BCUT2D eigenvalue weighted by Gasteiger charge is 2.32. The van der Waals surface area contributed by atoms with E-state index in [1.165, 1.54) is 19.3 Å². The first-order valence-electron chi connectivity index (χ1n) is 17.3. The monoisotopic (exact) mass is 651 g/mol. The first kappa shape index (κ1) is 35.7. The number of urea groups is 1. The van der Waals surface area contributed by atoms with Crippen LogP contribution in [0, 0.1) is 5.92 Å². The molecule has 2 aromatic rings. The minimum Gasteiger partial charge on any atom is -0.391 e. The average Bonchev–Trinajstić information content (AvgIpc) is 3.09. The Balaban J connectivity index is 1.42. The Kier molecular flexibility index (Phi) is 15.2. The number of aliphatic hydroxyl groups is 1. The Morgan fingerprint density at radius 3 is 2.33 bits per heavy atom. The second kappa shape index (κ2) is 19.5. The summed E-state index contributed by atoms with van der Waals surface area (Å²) >= 11 is 1.82. The molecule has 1 aromatic heterocycles. The summed E-state index contributed by atoms with van der Waals surface area (Å²) in [6.07, 6.45) is 11.2. The number of carbonyl (C=O) groups is 3. The van der Waals surface area contributed by atoms with Crippen LogP contribution in [-0.2, 0) is 22.4 Å². The number of benzene rings is 1. The van der Waals surface area contributed by atoms with E-state index in [9.17, 15) is 19.5 Å². The molecule has 2 aliphatic rings. The van der Waals surface area contributed by atoms with E-state index in [2.05, 4.69) is 20.9 Å². The number of aryl methyl sites for hydroxylation is 1. The van der Waals surface area contributed by atoms with Gasteiger partial charge in [-0.05, 0) is 55.7 Å². The number of hydrogen-bond acceptors (Lipinski definition) is 6. The number of hydrogen-bond donors (Lipinski definition) is 4. The quantitative estimate of drug-likeness (QED) is 0.205. The zero-order chi connectivity index (χ0) is 32.6. The standard InChI is InChI=1S/C36H53N5O4S/c1-2-12-30(38-35(44)32(26-28-15-7-4-8-16-28)40-36(45)41-21-23-46-24-22-41)34(43)39-31(25-27-13-5-3-6-14-27)33(42)19-11-18-29-17-9-10-20-37-29/h4,7-10,15-17,20,27,30-33,42H,2-3,5-6,11-14,18-19,21-26H2,1H3,(H,38,44)(H,39,43)(H,40,45)/t30-,31-,32-,33-/m0/s1. The minimum atomic E-state index is -0.827. The fraction of sp³-hybridized carbons (Fsp3) is 0.611. The summed E-state index contributed by atoms with van der Waals surface area (Å²) in [7, 11) is 0. The van der Waals surface area contributed by atoms with E-state index in [1.54, 1.807) is 11.1 Å². The highest BCUT2D eigenvalue weighted by molar-refractivity contribution is 7.99. The summed E-state index contributed by atoms with van der Waals surface area (Å²) in [5.74, 6) is 1.55. The van der Waals surface area contributed by atoms with Crippen molar-refractivity contribution in [3.05, 3.63) is 66.0 Å². The molecule has 0 spiro atoms. The van der Waals surface area contributed by atoms with Crippen LogP contribution < -0.4 is 16.0 Å². The normalized spacial score (nSPS) is 18.2. The topological polar surface area (TPSA) is 124 Å². The summed E-state index contributed by atoms with van der Waals surface area (Å²) in [6.45, 7) is 3.27. The van der Waals surface area contributed by atoms with Crippen LogP contribution in [0.2, 0.25) is 0 Å². The van der Waals surface area contributed by atoms with E-state index in [0.29, 0.717) is 44.7 Å². The van der Waals surface area contributed by atoms with E-state index in [4.69, 9.17) is 0 Å². The van der Waals surface area contributed by atoms with Crippen molar-refractivity contribution in [2.75, 3.05) is 24.6 Å². The maximum Gasteiger partial charge on any atom is 0.318 e. The first-order valence-corrected chi connectivity index (χ1v) is 18.4. The van der Waals surface area contributed by atoms with Gasteiger partial charge in [0.05, 0.1) is 12.1 Å². The molecule has 4 rings (SSSR count). The Morgan fingerprint density at radius 2 is 1.63 bits per heavy atom. The third-order valence-corrected chi connectivity index (χ3v) is 10.1. The fourth-order valence-corrected chi connectivity index (χ4v) is 7.42. The van der Waals surface area contributed by atoms with Gasteiger partial charge in [0, 0.05) is 42.9 Å². The molecule has 0 radical (unpaired) electrons. The number of aliphatic hydroxyl groups excluding tert-OH is 1. The minimum absolute atomic E-state index is 0.255. The van der Waals surface area contributed by atoms with Crippen molar-refractivity contribution in [3.8, 4) is 0 Å². The molecule has 2 fully saturated rings. The van der Waals surface area contributed by atoms with Gasteiger partial charge in [-0.1, -0.05) is 81.8 Å². The van der Waals surface area contributed by atoms with Crippen LogP contribution in [0.1, 0.15) is 82.4 Å². The molecule has 1 aromatic carbocycles. The summed E-state index contributed by atoms with van der Waals surface area (Å²) in [6, 6.07) is 13.2. The van der Waals surface area contributed by atoms with E-state index in [1.807, 2.05) is 67.2 Å². The second-order valence-electron chi connectivity index (χ2n) is 12.8. The Morgan fingerprint density at radius 1 is 0.913 bits per heavy atom. The maximum absolute atomic E-state index is 13.8. The van der Waals surface area contributed by atoms with E-state index < -0.39 is 24.2 Å². The van der Waals surface area contributed by atoms with Crippen molar-refractivity contribution in [2.24, 2.45) is 5.92 Å². The Bertz CT molecular complexity index is 1190. The number of aromatic nitrogens is 1. The molecule has 1 aliphatic carbocycles. The van der Waals surface area contributed by atoms with E-state index in [-0.39, 0.29) is 17.8 Å². The predicted octanol–water partition coefficient (Wildman–Crippen LogP) is 4.88. The molecule has 4 atom stereocenters. The van der Waals surface area contributed by atoms with E-state index in [0.717, 1.165) is 54.9 Å². The van der Waals surface area contributed by atoms with Gasteiger partial charge in [0.1, 0.15) is 12.1 Å². The smallest absolute Gasteiger partial charge is 0.318 e. The molecule has 10 heteroatoms. The summed E-state index contributed by atoms with van der Waals surface area (Å²) in [4.78, 5) is 46.9. The van der Waals surface area contributed by atoms with Crippen molar-refractivity contribution >= 4 is 29.6 Å². The van der Waals surface area contributed by atoms with Gasteiger partial charge in [0.2, 0.25) is 11.8 Å². The molecule has 4 N–H and O–H groups in total. The van der Waals surface area contributed by atoms with Gasteiger partial charge in [0.25, 0.3) is 0 Å². The first-order chi connectivity index (χ1) is 22.4. The summed E-state index contributed by atoms with van der Waals surface area (Å²) < 4.78 is 0. The van der Waals surface area contributed by atoms with Gasteiger partial charge < -0.3 is 26.0 Å². The van der Waals surface area contributed by atoms with Gasteiger partial charge in [0.15, 0.2) is 0 Å². The molecular weight excluding hydrogens is 598 g/mol. The SMILES string of the molecule is CCC[C@H](NC(=O)[C@H](Cc1ccccc1)NC(=O)N1CCSCC1)C(=O)N[C@@H](CC1CCCCC1)[C@@H](O)CCCc1ccccn1. The van der Waals surface area contributed by atoms with Crippen molar-refractivity contribution in [3.63, 3.8) is 0 Å². The molecule has 1 saturated carbocycles. The lowest BCUT2D eigenvalue weighted by Crippen LogP contribution is -2.58. The molecule has 46 heavy (non-hydrogen) atoms. The largest absolute Gasteiger partial charge is 0.391 e. The predicted molar refractivity (Wildman–Crippen MR) is 185 cm³/mol. The van der Waals surface area contributed by atoms with Gasteiger partial charge in [-0.15, -0.1) is 0 Å². The van der Waals surface area contributed by atoms with Crippen LogP contribution in [0.15, 0.2) is 54.7 Å². The molecule has 252 valence electrons. The number of pyridine rings is 1.